The Bertz CT molecular complexity index is 1260. The van der Waals surface area contributed by atoms with Gasteiger partial charge in [0.05, 0.1) is 0 Å². The maximum atomic E-state index is 12.9. The minimum Gasteiger partial charge on any atom is -0.406 e. The summed E-state index contributed by atoms with van der Waals surface area (Å²) in [6.07, 6.45) is -3.93. The number of benzene rings is 2. The van der Waals surface area contributed by atoms with Gasteiger partial charge in [0.15, 0.2) is 0 Å². The maximum Gasteiger partial charge on any atom is 0.573 e. The monoisotopic (exact) mass is 469 g/mol. The highest BCUT2D eigenvalue weighted by Crippen LogP contribution is 2.40. The van der Waals surface area contributed by atoms with Gasteiger partial charge in [-0.25, -0.2) is 4.79 Å². The van der Waals surface area contributed by atoms with Crippen molar-refractivity contribution < 1.29 is 22.7 Å². The average molecular weight is 469 g/mol. The van der Waals surface area contributed by atoms with Gasteiger partial charge >= 0.3 is 12.4 Å². The minimum atomic E-state index is -4.76. The van der Waals surface area contributed by atoms with E-state index in [1.165, 1.54) is 18.2 Å². The van der Waals surface area contributed by atoms with Crippen molar-refractivity contribution in [2.75, 3.05) is 18.4 Å². The Labute approximate surface area is 193 Å². The molecule has 9 heteroatoms. The van der Waals surface area contributed by atoms with Crippen molar-refractivity contribution in [2.45, 2.75) is 25.2 Å². The number of pyridine rings is 1. The van der Waals surface area contributed by atoms with Gasteiger partial charge in [-0.3, -0.25) is 4.79 Å². The van der Waals surface area contributed by atoms with Crippen molar-refractivity contribution in [3.63, 3.8) is 0 Å². The molecule has 2 aliphatic rings. The summed E-state index contributed by atoms with van der Waals surface area (Å²) in [4.78, 5) is 27.4. The molecule has 0 unspecified atom stereocenters. The number of nitrogens with zero attached hydrogens (tertiary/aromatic N) is 2. The molecule has 0 spiro atoms. The van der Waals surface area contributed by atoms with Crippen LogP contribution in [0.5, 0.6) is 5.75 Å². The van der Waals surface area contributed by atoms with Crippen LogP contribution in [0.3, 0.4) is 0 Å². The molecule has 1 aromatic heterocycles. The molecule has 2 aliphatic heterocycles. The van der Waals surface area contributed by atoms with Crippen LogP contribution in [0, 0.1) is 5.92 Å². The van der Waals surface area contributed by atoms with Crippen LogP contribution in [0.2, 0.25) is 0 Å². The molecular weight excluding hydrogens is 447 g/mol. The second-order valence-corrected chi connectivity index (χ2v) is 8.65. The number of fused-ring (bicyclic) bond motifs is 4. The SMILES string of the molecule is O=C(Nc1ccccc1)N1C[C@@H]2C[C@H](C1)c1c(-c3ccc(OC(F)(F)F)cc3)ccc(=O)n1C2. The predicted octanol–water partition coefficient (Wildman–Crippen LogP) is 5.07. The van der Waals surface area contributed by atoms with Crippen LogP contribution in [0.15, 0.2) is 71.5 Å². The number of hydrogen-bond acceptors (Lipinski definition) is 3. The van der Waals surface area contributed by atoms with Crippen molar-refractivity contribution in [2.24, 2.45) is 5.92 Å². The lowest BCUT2D eigenvalue weighted by Crippen LogP contribution is -2.50. The average Bonchev–Trinajstić information content (AvgIpc) is 2.80. The summed E-state index contributed by atoms with van der Waals surface area (Å²) in [7, 11) is 0. The zero-order valence-corrected chi connectivity index (χ0v) is 18.1. The topological polar surface area (TPSA) is 63.6 Å². The van der Waals surface area contributed by atoms with E-state index in [4.69, 9.17) is 0 Å². The molecule has 2 amide bonds. The Hall–Kier alpha value is -3.75. The summed E-state index contributed by atoms with van der Waals surface area (Å²) in [5.74, 6) is -0.230. The van der Waals surface area contributed by atoms with Crippen LogP contribution < -0.4 is 15.6 Å². The van der Waals surface area contributed by atoms with Gasteiger partial charge in [0.2, 0.25) is 0 Å². The third-order valence-electron chi connectivity index (χ3n) is 6.30. The van der Waals surface area contributed by atoms with Gasteiger partial charge in [0.25, 0.3) is 5.56 Å². The van der Waals surface area contributed by atoms with E-state index in [1.807, 2.05) is 30.3 Å². The predicted molar refractivity (Wildman–Crippen MR) is 121 cm³/mol. The summed E-state index contributed by atoms with van der Waals surface area (Å²) in [6.45, 7) is 1.48. The molecule has 2 aromatic carbocycles. The van der Waals surface area contributed by atoms with Crippen LogP contribution in [0.4, 0.5) is 23.7 Å². The molecule has 1 N–H and O–H groups in total. The zero-order chi connectivity index (χ0) is 23.9. The number of alkyl halides is 3. The maximum absolute atomic E-state index is 12.9. The number of urea groups is 1. The molecule has 3 heterocycles. The van der Waals surface area contributed by atoms with Gasteiger partial charge < -0.3 is 19.5 Å². The second kappa shape index (κ2) is 8.55. The third-order valence-corrected chi connectivity index (χ3v) is 6.30. The highest BCUT2D eigenvalue weighted by Gasteiger charge is 2.38. The van der Waals surface area contributed by atoms with E-state index in [9.17, 15) is 22.8 Å². The van der Waals surface area contributed by atoms with E-state index in [0.717, 1.165) is 17.7 Å². The van der Waals surface area contributed by atoms with Crippen molar-refractivity contribution in [1.29, 1.82) is 0 Å². The number of anilines is 1. The summed E-state index contributed by atoms with van der Waals surface area (Å²) in [5.41, 5.74) is 2.86. The lowest BCUT2D eigenvalue weighted by molar-refractivity contribution is -0.274. The lowest BCUT2D eigenvalue weighted by atomic mass is 9.80. The first-order valence-electron chi connectivity index (χ1n) is 11.0. The summed E-state index contributed by atoms with van der Waals surface area (Å²) >= 11 is 0. The van der Waals surface area contributed by atoms with Crippen molar-refractivity contribution in [1.82, 2.24) is 9.47 Å². The molecule has 0 aliphatic carbocycles. The van der Waals surface area contributed by atoms with Crippen LogP contribution in [-0.2, 0) is 6.54 Å². The Morgan fingerprint density at radius 1 is 0.941 bits per heavy atom. The van der Waals surface area contributed by atoms with E-state index >= 15 is 0 Å². The van der Waals surface area contributed by atoms with E-state index in [-0.39, 0.29) is 29.2 Å². The molecule has 6 nitrogen and oxygen atoms in total. The van der Waals surface area contributed by atoms with Crippen LogP contribution in [-0.4, -0.2) is 34.9 Å². The van der Waals surface area contributed by atoms with Crippen LogP contribution >= 0.6 is 0 Å². The molecule has 0 radical (unpaired) electrons. The van der Waals surface area contributed by atoms with E-state index in [0.29, 0.717) is 30.9 Å². The third kappa shape index (κ3) is 4.50. The molecule has 2 atom stereocenters. The summed E-state index contributed by atoms with van der Waals surface area (Å²) in [5, 5.41) is 2.92. The van der Waals surface area contributed by atoms with E-state index < -0.39 is 6.36 Å². The fourth-order valence-electron chi connectivity index (χ4n) is 4.99. The smallest absolute Gasteiger partial charge is 0.406 e. The number of amides is 2. The molecule has 176 valence electrons. The van der Waals surface area contributed by atoms with Gasteiger partial charge in [-0.1, -0.05) is 30.3 Å². The van der Waals surface area contributed by atoms with Gasteiger partial charge in [-0.15, -0.1) is 13.2 Å². The number of nitrogens with one attached hydrogen (secondary N) is 1. The van der Waals surface area contributed by atoms with Crippen molar-refractivity contribution in [3.05, 3.63) is 82.8 Å². The van der Waals surface area contributed by atoms with Gasteiger partial charge in [0.1, 0.15) is 5.75 Å². The molecule has 2 bridgehead atoms. The molecular formula is C25H22F3N3O3. The number of para-hydroxylation sites is 1. The molecule has 1 saturated heterocycles. The number of halogens is 3. The summed E-state index contributed by atoms with van der Waals surface area (Å²) < 4.78 is 43.3. The lowest BCUT2D eigenvalue weighted by Gasteiger charge is -2.43. The standard InChI is InChI=1S/C25H22F3N3O3/c26-25(27,28)34-20-8-6-17(7-9-20)21-10-11-22(32)31-14-16-12-18(23(21)31)15-30(13-16)24(33)29-19-4-2-1-3-5-19/h1-11,16,18H,12-15H2,(H,29,33)/t16-,18+/m0/s1. The fourth-order valence-corrected chi connectivity index (χ4v) is 4.99. The molecule has 1 fully saturated rings. The number of ether oxygens (including phenoxy) is 1. The first-order valence-corrected chi connectivity index (χ1v) is 11.0. The van der Waals surface area contributed by atoms with Gasteiger partial charge in [-0.05, 0) is 48.2 Å². The Morgan fingerprint density at radius 3 is 2.38 bits per heavy atom. The summed E-state index contributed by atoms with van der Waals surface area (Å²) in [6, 6.07) is 17.8. The Balaban J connectivity index is 1.43. The Morgan fingerprint density at radius 2 is 1.68 bits per heavy atom. The number of piperidine rings is 1. The van der Waals surface area contributed by atoms with E-state index in [1.54, 1.807) is 27.7 Å². The normalized spacial score (nSPS) is 19.3. The van der Waals surface area contributed by atoms with Gasteiger partial charge in [0, 0.05) is 48.6 Å². The quantitative estimate of drug-likeness (QED) is 0.583. The second-order valence-electron chi connectivity index (χ2n) is 8.65. The first-order chi connectivity index (χ1) is 16.3. The number of carbonyl (C=O) groups excluding carboxylic acids is 1. The van der Waals surface area contributed by atoms with Crippen molar-refractivity contribution in [3.8, 4) is 16.9 Å². The van der Waals surface area contributed by atoms with Gasteiger partial charge in [-0.2, -0.15) is 0 Å². The van der Waals surface area contributed by atoms with E-state index in [2.05, 4.69) is 10.1 Å². The highest BCUT2D eigenvalue weighted by atomic mass is 19.4. The first kappa shape index (κ1) is 22.1. The number of rotatable bonds is 3. The molecule has 3 aromatic rings. The number of hydrogen-bond donors (Lipinski definition) is 1. The number of likely N-dealkylation sites (tertiary alicyclic amines) is 1. The van der Waals surface area contributed by atoms with Crippen LogP contribution in [0.25, 0.3) is 11.1 Å². The Kier molecular flexibility index (Phi) is 5.55. The molecule has 0 saturated carbocycles. The largest absolute Gasteiger partial charge is 0.573 e. The minimum absolute atomic E-state index is 0.0657. The zero-order valence-electron chi connectivity index (χ0n) is 18.1. The highest BCUT2D eigenvalue weighted by molar-refractivity contribution is 5.89. The number of carbonyl (C=O) groups is 1. The molecule has 34 heavy (non-hydrogen) atoms. The number of aromatic nitrogens is 1. The van der Waals surface area contributed by atoms with Crippen molar-refractivity contribution >= 4 is 11.7 Å². The van der Waals surface area contributed by atoms with Crippen LogP contribution in [0.1, 0.15) is 18.0 Å². The molecule has 5 rings (SSSR count). The fraction of sp³-hybridized carbons (Fsp3) is 0.280.